The minimum atomic E-state index is -0.455. The Balaban J connectivity index is 1.78. The summed E-state index contributed by atoms with van der Waals surface area (Å²) >= 11 is 0. The third kappa shape index (κ3) is 3.20. The van der Waals surface area contributed by atoms with Crippen LogP contribution in [0.4, 0.5) is 5.69 Å². The molecular formula is C19H15NO4. The van der Waals surface area contributed by atoms with Crippen molar-refractivity contribution in [3.8, 4) is 17.1 Å². The van der Waals surface area contributed by atoms with Crippen LogP contribution in [0, 0.1) is 0 Å². The van der Waals surface area contributed by atoms with Gasteiger partial charge in [0, 0.05) is 11.1 Å². The molecular weight excluding hydrogens is 306 g/mol. The van der Waals surface area contributed by atoms with Crippen LogP contribution in [0.25, 0.3) is 11.3 Å². The van der Waals surface area contributed by atoms with Crippen LogP contribution < -0.4 is 5.32 Å². The number of para-hydroxylation sites is 2. The third-order valence-corrected chi connectivity index (χ3v) is 3.56. The second-order valence-electron chi connectivity index (χ2n) is 5.27. The van der Waals surface area contributed by atoms with Crippen LogP contribution in [0.5, 0.6) is 5.75 Å². The highest BCUT2D eigenvalue weighted by molar-refractivity contribution is 6.03. The van der Waals surface area contributed by atoms with Gasteiger partial charge in [0.2, 0.25) is 0 Å². The van der Waals surface area contributed by atoms with Gasteiger partial charge in [-0.05, 0) is 31.2 Å². The fourth-order valence-electron chi connectivity index (χ4n) is 2.25. The fraction of sp³-hybridized carbons (Fsp3) is 0.0526. The van der Waals surface area contributed by atoms with Gasteiger partial charge in [-0.2, -0.15) is 0 Å². The number of phenols is 1. The van der Waals surface area contributed by atoms with Crippen LogP contribution in [0.1, 0.15) is 27.8 Å². The quantitative estimate of drug-likeness (QED) is 0.560. The van der Waals surface area contributed by atoms with E-state index in [1.807, 2.05) is 0 Å². The number of phenolic OH excluding ortho intramolecular Hbond substituents is 1. The highest BCUT2D eigenvalue weighted by atomic mass is 16.4. The molecule has 3 rings (SSSR count). The van der Waals surface area contributed by atoms with Crippen molar-refractivity contribution in [1.29, 1.82) is 0 Å². The maximum atomic E-state index is 12.2. The molecule has 0 aliphatic heterocycles. The molecule has 0 aliphatic carbocycles. The molecule has 0 saturated carbocycles. The summed E-state index contributed by atoms with van der Waals surface area (Å²) in [4.78, 5) is 23.5. The van der Waals surface area contributed by atoms with E-state index >= 15 is 0 Å². The number of hydrogen-bond donors (Lipinski definition) is 2. The number of aromatic hydroxyl groups is 1. The van der Waals surface area contributed by atoms with E-state index in [-0.39, 0.29) is 17.3 Å². The smallest absolute Gasteiger partial charge is 0.291 e. The second-order valence-corrected chi connectivity index (χ2v) is 5.27. The van der Waals surface area contributed by atoms with Gasteiger partial charge in [-0.15, -0.1) is 0 Å². The van der Waals surface area contributed by atoms with Crippen LogP contribution in [-0.2, 0) is 0 Å². The molecule has 0 spiro atoms. The summed E-state index contributed by atoms with van der Waals surface area (Å²) in [6, 6.07) is 16.6. The zero-order valence-corrected chi connectivity index (χ0v) is 12.9. The average Bonchev–Trinajstić information content (AvgIpc) is 3.07. The summed E-state index contributed by atoms with van der Waals surface area (Å²) in [5, 5.41) is 12.3. The van der Waals surface area contributed by atoms with Crippen molar-refractivity contribution in [3.63, 3.8) is 0 Å². The SMILES string of the molecule is CC(=O)c1ccc(-c2ccc(C(=O)Nc3ccccc3O)o2)cc1. The first-order chi connectivity index (χ1) is 11.5. The Morgan fingerprint density at radius 1 is 0.958 bits per heavy atom. The van der Waals surface area contributed by atoms with Crippen LogP contribution >= 0.6 is 0 Å². The number of ketones is 1. The summed E-state index contributed by atoms with van der Waals surface area (Å²) in [7, 11) is 0. The normalized spacial score (nSPS) is 10.4. The lowest BCUT2D eigenvalue weighted by atomic mass is 10.1. The Kier molecular flexibility index (Phi) is 4.16. The van der Waals surface area contributed by atoms with Crippen LogP contribution in [0.3, 0.4) is 0 Å². The molecule has 0 unspecified atom stereocenters. The lowest BCUT2D eigenvalue weighted by Gasteiger charge is -2.05. The molecule has 0 atom stereocenters. The number of nitrogens with one attached hydrogen (secondary N) is 1. The molecule has 1 amide bonds. The Bertz CT molecular complexity index is 894. The number of amides is 1. The summed E-state index contributed by atoms with van der Waals surface area (Å²) in [5.74, 6) is 0.167. The lowest BCUT2D eigenvalue weighted by molar-refractivity contribution is 0.0994. The van der Waals surface area contributed by atoms with Crippen LogP contribution in [0.15, 0.2) is 65.1 Å². The predicted octanol–water partition coefficient (Wildman–Crippen LogP) is 4.11. The topological polar surface area (TPSA) is 79.5 Å². The summed E-state index contributed by atoms with van der Waals surface area (Å²) in [5.41, 5.74) is 1.69. The Labute approximate surface area is 138 Å². The number of furan rings is 1. The van der Waals surface area contributed by atoms with Gasteiger partial charge >= 0.3 is 0 Å². The minimum Gasteiger partial charge on any atom is -0.506 e. The van der Waals surface area contributed by atoms with E-state index in [9.17, 15) is 14.7 Å². The van der Waals surface area contributed by atoms with Crippen molar-refractivity contribution < 1.29 is 19.1 Å². The van der Waals surface area contributed by atoms with E-state index in [0.29, 0.717) is 17.0 Å². The Morgan fingerprint density at radius 3 is 2.33 bits per heavy atom. The van der Waals surface area contributed by atoms with E-state index < -0.39 is 5.91 Å². The van der Waals surface area contributed by atoms with Gasteiger partial charge in [-0.25, -0.2) is 0 Å². The van der Waals surface area contributed by atoms with Crippen LogP contribution in [-0.4, -0.2) is 16.8 Å². The van der Waals surface area contributed by atoms with Crippen molar-refractivity contribution in [2.45, 2.75) is 6.92 Å². The number of benzene rings is 2. The summed E-state index contributed by atoms with van der Waals surface area (Å²) in [6.07, 6.45) is 0. The minimum absolute atomic E-state index is 0.0104. The lowest BCUT2D eigenvalue weighted by Crippen LogP contribution is -2.10. The zero-order chi connectivity index (χ0) is 17.1. The fourth-order valence-corrected chi connectivity index (χ4v) is 2.25. The largest absolute Gasteiger partial charge is 0.506 e. The van der Waals surface area contributed by atoms with Crippen LogP contribution in [0.2, 0.25) is 0 Å². The first kappa shape index (κ1) is 15.6. The van der Waals surface area contributed by atoms with E-state index in [0.717, 1.165) is 5.56 Å². The highest BCUT2D eigenvalue weighted by Crippen LogP contribution is 2.25. The van der Waals surface area contributed by atoms with Crippen molar-refractivity contribution in [3.05, 3.63) is 72.0 Å². The standard InChI is InChI=1S/C19H15NO4/c1-12(21)13-6-8-14(9-7-13)17-10-11-18(24-17)19(23)20-15-4-2-3-5-16(15)22/h2-11,22H,1H3,(H,20,23). The van der Waals surface area contributed by atoms with E-state index in [2.05, 4.69) is 5.32 Å². The first-order valence-electron chi connectivity index (χ1n) is 7.35. The Hall–Kier alpha value is -3.34. The van der Waals surface area contributed by atoms with Gasteiger partial charge in [-0.3, -0.25) is 9.59 Å². The van der Waals surface area contributed by atoms with Gasteiger partial charge in [0.1, 0.15) is 11.5 Å². The number of carbonyl (C=O) groups excluding carboxylic acids is 2. The van der Waals surface area contributed by atoms with E-state index in [4.69, 9.17) is 4.42 Å². The van der Waals surface area contributed by atoms with Gasteiger partial charge < -0.3 is 14.8 Å². The van der Waals surface area contributed by atoms with Gasteiger partial charge in [0.25, 0.3) is 5.91 Å². The molecule has 0 radical (unpaired) electrons. The molecule has 24 heavy (non-hydrogen) atoms. The maximum absolute atomic E-state index is 12.2. The highest BCUT2D eigenvalue weighted by Gasteiger charge is 2.14. The van der Waals surface area contributed by atoms with E-state index in [1.165, 1.54) is 13.0 Å². The number of Topliss-reactive ketones (excluding diaryl/α,β-unsaturated/α-hetero) is 1. The molecule has 2 N–H and O–H groups in total. The number of rotatable bonds is 4. The molecule has 2 aromatic carbocycles. The molecule has 5 heteroatoms. The summed E-state index contributed by atoms with van der Waals surface area (Å²) in [6.45, 7) is 1.50. The number of anilines is 1. The molecule has 0 saturated heterocycles. The monoisotopic (exact) mass is 321 g/mol. The Morgan fingerprint density at radius 2 is 1.67 bits per heavy atom. The second kappa shape index (κ2) is 6.42. The van der Waals surface area contributed by atoms with Gasteiger partial charge in [-0.1, -0.05) is 36.4 Å². The van der Waals surface area contributed by atoms with Crippen molar-refractivity contribution >= 4 is 17.4 Å². The molecule has 5 nitrogen and oxygen atoms in total. The number of carbonyl (C=O) groups is 2. The average molecular weight is 321 g/mol. The predicted molar refractivity (Wildman–Crippen MR) is 90.2 cm³/mol. The maximum Gasteiger partial charge on any atom is 0.291 e. The van der Waals surface area contributed by atoms with Crippen molar-refractivity contribution in [1.82, 2.24) is 0 Å². The number of hydrogen-bond acceptors (Lipinski definition) is 4. The van der Waals surface area contributed by atoms with Gasteiger partial charge in [0.05, 0.1) is 5.69 Å². The van der Waals surface area contributed by atoms with Gasteiger partial charge in [0.15, 0.2) is 11.5 Å². The summed E-state index contributed by atoms with van der Waals surface area (Å²) < 4.78 is 5.57. The molecule has 0 fully saturated rings. The van der Waals surface area contributed by atoms with E-state index in [1.54, 1.807) is 54.6 Å². The molecule has 0 aliphatic rings. The molecule has 3 aromatic rings. The molecule has 1 aromatic heterocycles. The molecule has 0 bridgehead atoms. The molecule has 1 heterocycles. The first-order valence-corrected chi connectivity index (χ1v) is 7.35. The third-order valence-electron chi connectivity index (χ3n) is 3.56. The molecule has 120 valence electrons. The zero-order valence-electron chi connectivity index (χ0n) is 12.9. The van der Waals surface area contributed by atoms with Crippen molar-refractivity contribution in [2.75, 3.05) is 5.32 Å². The van der Waals surface area contributed by atoms with Crippen molar-refractivity contribution in [2.24, 2.45) is 0 Å².